The van der Waals surface area contributed by atoms with Gasteiger partial charge >= 0.3 is 0 Å². The van der Waals surface area contributed by atoms with Crippen molar-refractivity contribution >= 4 is 11.6 Å². The summed E-state index contributed by atoms with van der Waals surface area (Å²) in [7, 11) is 0. The minimum Gasteiger partial charge on any atom is -0.289 e. The molecule has 0 fully saturated rings. The lowest BCUT2D eigenvalue weighted by Gasteiger charge is -1.94. The van der Waals surface area contributed by atoms with Crippen LogP contribution in [0.25, 0.3) is 0 Å². The SMILES string of the molecule is CC1=C(C)C(=O)C(=CCCCC#N)C1=O. The van der Waals surface area contributed by atoms with E-state index >= 15 is 0 Å². The van der Waals surface area contributed by atoms with Gasteiger partial charge in [-0.15, -0.1) is 0 Å². The van der Waals surface area contributed by atoms with Crippen LogP contribution in [0.5, 0.6) is 0 Å². The Kier molecular flexibility index (Phi) is 3.56. The van der Waals surface area contributed by atoms with Crippen LogP contribution in [0.2, 0.25) is 0 Å². The third-order valence-electron chi connectivity index (χ3n) is 2.57. The Balaban J connectivity index is 2.72. The summed E-state index contributed by atoms with van der Waals surface area (Å²) in [5.74, 6) is -0.316. The van der Waals surface area contributed by atoms with Crippen LogP contribution in [0, 0.1) is 11.3 Å². The average molecular weight is 203 g/mol. The Morgan fingerprint density at radius 1 is 1.20 bits per heavy atom. The number of rotatable bonds is 3. The number of nitriles is 1. The smallest absolute Gasteiger partial charge is 0.192 e. The van der Waals surface area contributed by atoms with Gasteiger partial charge in [0.15, 0.2) is 11.6 Å². The maximum Gasteiger partial charge on any atom is 0.192 e. The van der Waals surface area contributed by atoms with Crippen molar-refractivity contribution in [3.8, 4) is 6.07 Å². The van der Waals surface area contributed by atoms with Gasteiger partial charge in [-0.05, 0) is 26.7 Å². The Hall–Kier alpha value is -1.69. The van der Waals surface area contributed by atoms with Crippen LogP contribution in [-0.2, 0) is 9.59 Å². The summed E-state index contributed by atoms with van der Waals surface area (Å²) in [6.45, 7) is 3.34. The summed E-state index contributed by atoms with van der Waals surface area (Å²) in [6, 6.07) is 2.02. The van der Waals surface area contributed by atoms with Gasteiger partial charge in [0.05, 0.1) is 11.6 Å². The van der Waals surface area contributed by atoms with Crippen LogP contribution in [0.3, 0.4) is 0 Å². The lowest BCUT2D eigenvalue weighted by molar-refractivity contribution is -0.115. The number of ketones is 2. The highest BCUT2D eigenvalue weighted by Gasteiger charge is 2.29. The van der Waals surface area contributed by atoms with Crippen LogP contribution < -0.4 is 0 Å². The van der Waals surface area contributed by atoms with E-state index in [4.69, 9.17) is 5.26 Å². The van der Waals surface area contributed by atoms with E-state index < -0.39 is 0 Å². The molecule has 0 amide bonds. The van der Waals surface area contributed by atoms with Crippen LogP contribution in [0.15, 0.2) is 22.8 Å². The van der Waals surface area contributed by atoms with E-state index in [1.54, 1.807) is 19.9 Å². The van der Waals surface area contributed by atoms with Gasteiger partial charge in [0, 0.05) is 17.6 Å². The molecule has 0 aromatic heterocycles. The van der Waals surface area contributed by atoms with E-state index in [1.165, 1.54) is 0 Å². The van der Waals surface area contributed by atoms with Gasteiger partial charge in [0.1, 0.15) is 0 Å². The Bertz CT molecular complexity index is 382. The number of carbonyl (C=O) groups is 2. The van der Waals surface area contributed by atoms with E-state index in [9.17, 15) is 9.59 Å². The van der Waals surface area contributed by atoms with Crippen molar-refractivity contribution in [3.05, 3.63) is 22.8 Å². The van der Waals surface area contributed by atoms with Crippen molar-refractivity contribution in [2.45, 2.75) is 33.1 Å². The molecule has 0 heterocycles. The molecule has 0 N–H and O–H groups in total. The zero-order chi connectivity index (χ0) is 11.4. The maximum atomic E-state index is 11.6. The highest BCUT2D eigenvalue weighted by atomic mass is 16.2. The van der Waals surface area contributed by atoms with Crippen LogP contribution in [-0.4, -0.2) is 11.6 Å². The fourth-order valence-electron chi connectivity index (χ4n) is 1.46. The molecule has 1 aliphatic carbocycles. The molecule has 78 valence electrons. The second-order valence-corrected chi connectivity index (χ2v) is 3.58. The Labute approximate surface area is 89.1 Å². The lowest BCUT2D eigenvalue weighted by atomic mass is 10.1. The van der Waals surface area contributed by atoms with Gasteiger partial charge in [-0.2, -0.15) is 5.26 Å². The highest BCUT2D eigenvalue weighted by molar-refractivity contribution is 6.37. The summed E-state index contributed by atoms with van der Waals surface area (Å²) >= 11 is 0. The summed E-state index contributed by atoms with van der Waals surface area (Å²) in [6.07, 6.45) is 3.42. The van der Waals surface area contributed by atoms with Crippen LogP contribution in [0.1, 0.15) is 33.1 Å². The average Bonchev–Trinajstić information content (AvgIpc) is 2.41. The Morgan fingerprint density at radius 3 is 2.20 bits per heavy atom. The zero-order valence-corrected chi connectivity index (χ0v) is 8.96. The number of nitrogens with zero attached hydrogens (tertiary/aromatic N) is 1. The van der Waals surface area contributed by atoms with Gasteiger partial charge in [-0.3, -0.25) is 9.59 Å². The summed E-state index contributed by atoms with van der Waals surface area (Å²) in [5.41, 5.74) is 1.38. The van der Waals surface area contributed by atoms with E-state index in [0.717, 1.165) is 0 Å². The quantitative estimate of drug-likeness (QED) is 0.401. The predicted molar refractivity (Wildman–Crippen MR) is 55.9 cm³/mol. The molecule has 0 bridgehead atoms. The highest BCUT2D eigenvalue weighted by Crippen LogP contribution is 2.24. The van der Waals surface area contributed by atoms with Crippen molar-refractivity contribution in [2.24, 2.45) is 0 Å². The molecule has 0 saturated carbocycles. The van der Waals surface area contributed by atoms with Crippen LogP contribution >= 0.6 is 0 Å². The molecule has 0 aromatic carbocycles. The first-order valence-corrected chi connectivity index (χ1v) is 4.93. The van der Waals surface area contributed by atoms with Gasteiger partial charge < -0.3 is 0 Å². The molecule has 1 rings (SSSR count). The van der Waals surface area contributed by atoms with Crippen LogP contribution in [0.4, 0.5) is 0 Å². The molecule has 0 aliphatic heterocycles. The molecule has 0 atom stereocenters. The molecule has 0 aromatic rings. The fraction of sp³-hybridized carbons (Fsp3) is 0.417. The summed E-state index contributed by atoms with van der Waals surface area (Å²) < 4.78 is 0. The normalized spacial score (nSPS) is 15.9. The number of Topliss-reactive ketones (excluding diaryl/α,β-unsaturated/α-hetero) is 2. The molecule has 0 radical (unpaired) electrons. The molecule has 3 nitrogen and oxygen atoms in total. The third-order valence-corrected chi connectivity index (χ3v) is 2.57. The van der Waals surface area contributed by atoms with E-state index in [-0.39, 0.29) is 17.1 Å². The second kappa shape index (κ2) is 4.70. The first kappa shape index (κ1) is 11.4. The third kappa shape index (κ3) is 2.21. The molecule has 15 heavy (non-hydrogen) atoms. The molecular formula is C12H13NO2. The maximum absolute atomic E-state index is 11.6. The van der Waals surface area contributed by atoms with Crippen molar-refractivity contribution in [1.82, 2.24) is 0 Å². The molecule has 0 unspecified atom stereocenters. The van der Waals surface area contributed by atoms with Gasteiger partial charge in [-0.1, -0.05) is 6.08 Å². The number of hydrogen-bond donors (Lipinski definition) is 0. The minimum atomic E-state index is -0.158. The van der Waals surface area contributed by atoms with Crippen molar-refractivity contribution in [3.63, 3.8) is 0 Å². The number of allylic oxidation sites excluding steroid dienone is 4. The predicted octanol–water partition coefficient (Wildman–Crippen LogP) is 2.09. The molecule has 3 heteroatoms. The van der Waals surface area contributed by atoms with Crippen molar-refractivity contribution in [1.29, 1.82) is 5.26 Å². The standard InChI is InChI=1S/C12H13NO2/c1-8-9(2)12(15)10(11(8)14)6-4-3-5-7-13/h6H,3-5H2,1-2H3. The van der Waals surface area contributed by atoms with E-state index in [0.29, 0.717) is 30.4 Å². The molecule has 1 aliphatic rings. The molecule has 0 spiro atoms. The number of carbonyl (C=O) groups excluding carboxylic acids is 2. The molecular weight excluding hydrogens is 190 g/mol. The minimum absolute atomic E-state index is 0.158. The van der Waals surface area contributed by atoms with E-state index in [2.05, 4.69) is 0 Å². The van der Waals surface area contributed by atoms with Gasteiger partial charge in [0.2, 0.25) is 0 Å². The number of unbranched alkanes of at least 4 members (excludes halogenated alkanes) is 2. The summed E-state index contributed by atoms with van der Waals surface area (Å²) in [4.78, 5) is 23.2. The van der Waals surface area contributed by atoms with Gasteiger partial charge in [0.25, 0.3) is 0 Å². The van der Waals surface area contributed by atoms with Gasteiger partial charge in [-0.25, -0.2) is 0 Å². The monoisotopic (exact) mass is 203 g/mol. The Morgan fingerprint density at radius 2 is 1.73 bits per heavy atom. The molecule has 0 saturated heterocycles. The summed E-state index contributed by atoms with van der Waals surface area (Å²) in [5, 5.41) is 8.33. The topological polar surface area (TPSA) is 57.9 Å². The second-order valence-electron chi connectivity index (χ2n) is 3.58. The largest absolute Gasteiger partial charge is 0.289 e. The number of hydrogen-bond acceptors (Lipinski definition) is 3. The fourth-order valence-corrected chi connectivity index (χ4v) is 1.46. The first-order valence-electron chi connectivity index (χ1n) is 4.93. The first-order chi connectivity index (χ1) is 7.09. The van der Waals surface area contributed by atoms with Crippen molar-refractivity contribution < 1.29 is 9.59 Å². The van der Waals surface area contributed by atoms with E-state index in [1.807, 2.05) is 6.07 Å². The lowest BCUT2D eigenvalue weighted by Crippen LogP contribution is -2.03. The van der Waals surface area contributed by atoms with Crippen molar-refractivity contribution in [2.75, 3.05) is 0 Å². The zero-order valence-electron chi connectivity index (χ0n) is 8.96.